The van der Waals surface area contributed by atoms with E-state index in [9.17, 15) is 18.0 Å². The minimum atomic E-state index is -4.00. The van der Waals surface area contributed by atoms with Crippen LogP contribution in [0.25, 0.3) is 0 Å². The van der Waals surface area contributed by atoms with Gasteiger partial charge in [-0.3, -0.25) is 9.59 Å². The van der Waals surface area contributed by atoms with Crippen LogP contribution < -0.4 is 5.32 Å². The molecule has 0 aliphatic carbocycles. The zero-order valence-corrected chi connectivity index (χ0v) is 23.3. The molecule has 0 saturated heterocycles. The van der Waals surface area contributed by atoms with Crippen molar-refractivity contribution in [2.75, 3.05) is 20.6 Å². The maximum Gasteiger partial charge on any atom is 0.243 e. The maximum absolute atomic E-state index is 13.7. The van der Waals surface area contributed by atoms with Gasteiger partial charge in [0.05, 0.1) is 11.4 Å². The Morgan fingerprint density at radius 3 is 2.14 bits per heavy atom. The van der Waals surface area contributed by atoms with E-state index in [1.54, 1.807) is 18.2 Å². The Morgan fingerprint density at radius 2 is 1.54 bits per heavy atom. The van der Waals surface area contributed by atoms with Crippen molar-refractivity contribution in [1.82, 2.24) is 14.5 Å². The average Bonchev–Trinajstić information content (AvgIpc) is 2.87. The Morgan fingerprint density at radius 1 is 0.919 bits per heavy atom. The van der Waals surface area contributed by atoms with Gasteiger partial charge in [0.1, 0.15) is 6.04 Å². The summed E-state index contributed by atoms with van der Waals surface area (Å²) < 4.78 is 27.1. The molecule has 196 valence electrons. The van der Waals surface area contributed by atoms with Gasteiger partial charge in [0.25, 0.3) is 0 Å². The zero-order chi connectivity index (χ0) is 27.2. The second-order valence-electron chi connectivity index (χ2n) is 8.29. The zero-order valence-electron chi connectivity index (χ0n) is 20.2. The summed E-state index contributed by atoms with van der Waals surface area (Å²) in [6, 6.07) is 18.8. The summed E-state index contributed by atoms with van der Waals surface area (Å²) in [5.74, 6) is -0.971. The monoisotopic (exact) mass is 581 g/mol. The van der Waals surface area contributed by atoms with Crippen LogP contribution in [0.3, 0.4) is 0 Å². The fraction of sp³-hybridized carbons (Fsp3) is 0.231. The predicted molar refractivity (Wildman–Crippen MR) is 146 cm³/mol. The van der Waals surface area contributed by atoms with Crippen molar-refractivity contribution in [2.45, 2.75) is 23.9 Å². The fourth-order valence-corrected chi connectivity index (χ4v) is 5.42. The molecule has 0 aliphatic heterocycles. The molecular weight excluding hydrogens is 557 g/mol. The highest BCUT2D eigenvalue weighted by Gasteiger charge is 2.33. The van der Waals surface area contributed by atoms with Crippen LogP contribution in [-0.2, 0) is 32.6 Å². The molecular formula is C26H26Cl3N3O4S. The van der Waals surface area contributed by atoms with Crippen molar-refractivity contribution in [3.05, 3.63) is 99.0 Å². The Labute approximate surface area is 232 Å². The standard InChI is InChI=1S/C26H26Cl3N3O4S/c1-30-26(34)24(14-18-6-4-3-5-7-18)32(16-19-8-9-21(28)15-23(19)29)25(33)17-31(2)37(35,36)22-12-10-20(27)11-13-22/h3-13,15,24H,14,16-17H2,1-2H3,(H,30,34)/t24-/m0/s1. The minimum absolute atomic E-state index is 0.00775. The Kier molecular flexibility index (Phi) is 9.98. The van der Waals surface area contributed by atoms with Crippen molar-refractivity contribution < 1.29 is 18.0 Å². The quantitative estimate of drug-likeness (QED) is 0.377. The fourth-order valence-electron chi connectivity index (χ4n) is 3.71. The van der Waals surface area contributed by atoms with Gasteiger partial charge in [-0.2, -0.15) is 4.31 Å². The van der Waals surface area contributed by atoms with Gasteiger partial charge in [-0.25, -0.2) is 8.42 Å². The van der Waals surface area contributed by atoms with Gasteiger partial charge in [0, 0.05) is 42.1 Å². The van der Waals surface area contributed by atoms with E-state index in [-0.39, 0.29) is 17.9 Å². The molecule has 0 radical (unpaired) electrons. The van der Waals surface area contributed by atoms with Crippen LogP contribution in [0.4, 0.5) is 0 Å². The molecule has 11 heteroatoms. The minimum Gasteiger partial charge on any atom is -0.357 e. The van der Waals surface area contributed by atoms with Gasteiger partial charge in [-0.05, 0) is 47.5 Å². The molecule has 0 bridgehead atoms. The number of nitrogens with one attached hydrogen (secondary N) is 1. The van der Waals surface area contributed by atoms with Crippen LogP contribution in [0.2, 0.25) is 15.1 Å². The van der Waals surface area contributed by atoms with Crippen LogP contribution in [0.5, 0.6) is 0 Å². The first-order valence-electron chi connectivity index (χ1n) is 11.2. The lowest BCUT2D eigenvalue weighted by atomic mass is 10.0. The Balaban J connectivity index is 1.96. The lowest BCUT2D eigenvalue weighted by Crippen LogP contribution is -2.52. The summed E-state index contributed by atoms with van der Waals surface area (Å²) in [6.07, 6.45) is 0.213. The van der Waals surface area contributed by atoms with Gasteiger partial charge in [-0.1, -0.05) is 71.2 Å². The smallest absolute Gasteiger partial charge is 0.243 e. The highest BCUT2D eigenvalue weighted by Crippen LogP contribution is 2.25. The summed E-state index contributed by atoms with van der Waals surface area (Å²) in [6.45, 7) is -0.535. The van der Waals surface area contributed by atoms with E-state index in [1.807, 2.05) is 30.3 Å². The van der Waals surface area contributed by atoms with Crippen LogP contribution in [0, 0.1) is 0 Å². The third-order valence-electron chi connectivity index (χ3n) is 5.75. The van der Waals surface area contributed by atoms with E-state index in [4.69, 9.17) is 34.8 Å². The van der Waals surface area contributed by atoms with E-state index >= 15 is 0 Å². The summed E-state index contributed by atoms with van der Waals surface area (Å²) in [5, 5.41) is 3.75. The second kappa shape index (κ2) is 12.8. The van der Waals surface area contributed by atoms with Gasteiger partial charge in [0.2, 0.25) is 21.8 Å². The van der Waals surface area contributed by atoms with Crippen molar-refractivity contribution >= 4 is 56.6 Å². The number of sulfonamides is 1. The van der Waals surface area contributed by atoms with E-state index in [0.29, 0.717) is 20.6 Å². The molecule has 0 aliphatic rings. The Hall–Kier alpha value is -2.62. The van der Waals surface area contributed by atoms with Crippen molar-refractivity contribution in [3.8, 4) is 0 Å². The number of nitrogens with zero attached hydrogens (tertiary/aromatic N) is 2. The molecule has 7 nitrogen and oxygen atoms in total. The maximum atomic E-state index is 13.7. The SMILES string of the molecule is CNC(=O)[C@H](Cc1ccccc1)N(Cc1ccc(Cl)cc1Cl)C(=O)CN(C)S(=O)(=O)c1ccc(Cl)cc1. The number of rotatable bonds is 10. The molecule has 1 atom stereocenters. The lowest BCUT2D eigenvalue weighted by molar-refractivity contribution is -0.141. The highest BCUT2D eigenvalue weighted by atomic mass is 35.5. The second-order valence-corrected chi connectivity index (χ2v) is 11.6. The molecule has 0 heterocycles. The van der Waals surface area contributed by atoms with E-state index in [1.165, 1.54) is 43.3 Å². The number of benzene rings is 3. The van der Waals surface area contributed by atoms with Gasteiger partial charge >= 0.3 is 0 Å². The largest absolute Gasteiger partial charge is 0.357 e. The number of carbonyl (C=O) groups is 2. The van der Waals surface area contributed by atoms with E-state index < -0.39 is 34.4 Å². The van der Waals surface area contributed by atoms with Crippen molar-refractivity contribution in [1.29, 1.82) is 0 Å². The first kappa shape index (κ1) is 28.9. The summed E-state index contributed by atoms with van der Waals surface area (Å²) in [5.41, 5.74) is 1.39. The summed E-state index contributed by atoms with van der Waals surface area (Å²) in [4.78, 5) is 28.0. The molecule has 37 heavy (non-hydrogen) atoms. The molecule has 0 saturated carbocycles. The van der Waals surface area contributed by atoms with Gasteiger partial charge < -0.3 is 10.2 Å². The molecule has 3 aromatic rings. The third kappa shape index (κ3) is 7.46. The predicted octanol–water partition coefficient (Wildman–Crippen LogP) is 4.65. The van der Waals surface area contributed by atoms with Crippen LogP contribution >= 0.6 is 34.8 Å². The number of amides is 2. The lowest BCUT2D eigenvalue weighted by Gasteiger charge is -2.32. The summed E-state index contributed by atoms with van der Waals surface area (Å²) in [7, 11) is -1.21. The van der Waals surface area contributed by atoms with E-state index in [0.717, 1.165) is 9.87 Å². The van der Waals surface area contributed by atoms with Crippen LogP contribution in [-0.4, -0.2) is 56.1 Å². The molecule has 1 N–H and O–H groups in total. The highest BCUT2D eigenvalue weighted by molar-refractivity contribution is 7.89. The van der Waals surface area contributed by atoms with Crippen LogP contribution in [0.1, 0.15) is 11.1 Å². The molecule has 3 rings (SSSR count). The average molecular weight is 583 g/mol. The molecule has 0 unspecified atom stereocenters. The topological polar surface area (TPSA) is 86.8 Å². The first-order chi connectivity index (χ1) is 17.5. The molecule has 0 fully saturated rings. The number of likely N-dealkylation sites (N-methyl/N-ethyl adjacent to an activating group) is 2. The third-order valence-corrected chi connectivity index (χ3v) is 8.41. The molecule has 2 amide bonds. The summed E-state index contributed by atoms with van der Waals surface area (Å²) >= 11 is 18.3. The molecule has 0 aromatic heterocycles. The molecule has 0 spiro atoms. The van der Waals surface area contributed by atoms with Gasteiger partial charge in [-0.15, -0.1) is 0 Å². The number of carbonyl (C=O) groups excluding carboxylic acids is 2. The normalized spacial score (nSPS) is 12.3. The van der Waals surface area contributed by atoms with Crippen LogP contribution in [0.15, 0.2) is 77.7 Å². The van der Waals surface area contributed by atoms with Crippen molar-refractivity contribution in [3.63, 3.8) is 0 Å². The van der Waals surface area contributed by atoms with E-state index in [2.05, 4.69) is 5.32 Å². The first-order valence-corrected chi connectivity index (χ1v) is 13.8. The van der Waals surface area contributed by atoms with Crippen molar-refractivity contribution in [2.24, 2.45) is 0 Å². The Bertz CT molecular complexity index is 1350. The number of halogens is 3. The molecule has 3 aromatic carbocycles. The number of hydrogen-bond acceptors (Lipinski definition) is 4. The van der Waals surface area contributed by atoms with Gasteiger partial charge in [0.15, 0.2) is 0 Å². The number of hydrogen-bond donors (Lipinski definition) is 1.